The molecule has 14 heavy (non-hydrogen) atoms. The molecule has 1 saturated carbocycles. The average molecular weight is 214 g/mol. The number of thiocarbonyl (C=S) groups is 1. The lowest BCUT2D eigenvalue weighted by Gasteiger charge is -2.14. The number of amides is 1. The highest BCUT2D eigenvalue weighted by Gasteiger charge is 2.28. The van der Waals surface area contributed by atoms with E-state index in [0.717, 1.165) is 12.5 Å². The Kier molecular flexibility index (Phi) is 3.86. The molecule has 1 aliphatic carbocycles. The lowest BCUT2D eigenvalue weighted by atomic mass is 10.1. The minimum Gasteiger partial charge on any atom is -0.393 e. The molecule has 2 atom stereocenters. The molecule has 3 N–H and O–H groups in total. The summed E-state index contributed by atoms with van der Waals surface area (Å²) in [6.45, 7) is 4.65. The van der Waals surface area contributed by atoms with Gasteiger partial charge in [0.1, 0.15) is 0 Å². The van der Waals surface area contributed by atoms with Gasteiger partial charge in [0.25, 0.3) is 0 Å². The minimum atomic E-state index is -0.351. The highest BCUT2D eigenvalue weighted by Crippen LogP contribution is 2.36. The maximum absolute atomic E-state index is 11.5. The van der Waals surface area contributed by atoms with Crippen LogP contribution in [0.1, 0.15) is 26.7 Å². The molecule has 0 aromatic carbocycles. The Morgan fingerprint density at radius 2 is 2.14 bits per heavy atom. The molecule has 0 spiro atoms. The van der Waals surface area contributed by atoms with Crippen molar-refractivity contribution >= 4 is 23.1 Å². The zero-order valence-electron chi connectivity index (χ0n) is 8.75. The Morgan fingerprint density at radius 1 is 1.57 bits per heavy atom. The summed E-state index contributed by atoms with van der Waals surface area (Å²) in [6, 6.07) is 0. The van der Waals surface area contributed by atoms with Crippen LogP contribution in [0, 0.1) is 17.8 Å². The number of carbonyl (C=O) groups excluding carboxylic acids is 1. The van der Waals surface area contributed by atoms with Gasteiger partial charge in [-0.05, 0) is 31.6 Å². The molecule has 0 heterocycles. The van der Waals surface area contributed by atoms with Gasteiger partial charge in [0.2, 0.25) is 5.91 Å². The van der Waals surface area contributed by atoms with Gasteiger partial charge in [-0.3, -0.25) is 4.79 Å². The summed E-state index contributed by atoms with van der Waals surface area (Å²) >= 11 is 4.76. The Hall–Kier alpha value is -0.640. The summed E-state index contributed by atoms with van der Waals surface area (Å²) < 4.78 is 0. The van der Waals surface area contributed by atoms with Crippen LogP contribution in [0.2, 0.25) is 0 Å². The molecule has 0 saturated heterocycles. The molecule has 80 valence electrons. The zero-order chi connectivity index (χ0) is 10.7. The second kappa shape index (κ2) is 4.73. The van der Waals surface area contributed by atoms with E-state index >= 15 is 0 Å². The third kappa shape index (κ3) is 3.25. The van der Waals surface area contributed by atoms with E-state index < -0.39 is 0 Å². The number of hydrogen-bond donors (Lipinski definition) is 2. The molecule has 1 rings (SSSR count). The molecule has 4 heteroatoms. The first-order chi connectivity index (χ1) is 6.52. The van der Waals surface area contributed by atoms with E-state index in [9.17, 15) is 4.79 Å². The Morgan fingerprint density at radius 3 is 2.57 bits per heavy atom. The van der Waals surface area contributed by atoms with E-state index in [4.69, 9.17) is 18.0 Å². The first-order valence-corrected chi connectivity index (χ1v) is 5.50. The maximum atomic E-state index is 11.5. The van der Waals surface area contributed by atoms with Gasteiger partial charge in [0.05, 0.1) is 10.9 Å². The van der Waals surface area contributed by atoms with Gasteiger partial charge >= 0.3 is 0 Å². The number of rotatable bonds is 5. The van der Waals surface area contributed by atoms with Crippen molar-refractivity contribution in [2.75, 3.05) is 6.54 Å². The Bertz CT molecular complexity index is 238. The lowest BCUT2D eigenvalue weighted by Crippen LogP contribution is -2.38. The maximum Gasteiger partial charge on any atom is 0.229 e. The van der Waals surface area contributed by atoms with E-state index in [1.807, 2.05) is 0 Å². The third-order valence-corrected chi connectivity index (χ3v) is 3.20. The molecule has 2 unspecified atom stereocenters. The predicted octanol–water partition coefficient (Wildman–Crippen LogP) is 1.07. The van der Waals surface area contributed by atoms with Gasteiger partial charge in [0, 0.05) is 6.54 Å². The largest absolute Gasteiger partial charge is 0.393 e. The summed E-state index contributed by atoms with van der Waals surface area (Å²) in [5, 5.41) is 2.88. The van der Waals surface area contributed by atoms with Gasteiger partial charge in [-0.15, -0.1) is 0 Å². The molecule has 1 aliphatic rings. The highest BCUT2D eigenvalue weighted by atomic mass is 32.1. The van der Waals surface area contributed by atoms with E-state index in [-0.39, 0.29) is 16.8 Å². The normalized spacial score (nSPS) is 19.9. The minimum absolute atomic E-state index is 0.0509. The number of nitrogens with one attached hydrogen (secondary N) is 1. The van der Waals surface area contributed by atoms with Crippen LogP contribution < -0.4 is 11.1 Å². The third-order valence-electron chi connectivity index (χ3n) is 2.85. The summed E-state index contributed by atoms with van der Waals surface area (Å²) in [5.41, 5.74) is 5.39. The monoisotopic (exact) mass is 214 g/mol. The quantitative estimate of drug-likeness (QED) is 0.673. The standard InChI is InChI=1S/C10H18N2OS/c1-6(8-3-4-8)5-12-10(13)7(2)9(11)14/h6-8H,3-5H2,1-2H3,(H2,11,14)(H,12,13). The second-order valence-electron chi connectivity index (χ2n) is 4.18. The van der Waals surface area contributed by atoms with Crippen LogP contribution in [0.25, 0.3) is 0 Å². The molecule has 0 aromatic rings. The topological polar surface area (TPSA) is 55.1 Å². The van der Waals surface area contributed by atoms with Crippen LogP contribution in [0.4, 0.5) is 0 Å². The van der Waals surface area contributed by atoms with Crippen molar-refractivity contribution in [1.29, 1.82) is 0 Å². The van der Waals surface area contributed by atoms with Crippen molar-refractivity contribution in [1.82, 2.24) is 5.32 Å². The Labute approximate surface area is 90.4 Å². The van der Waals surface area contributed by atoms with Gasteiger partial charge < -0.3 is 11.1 Å². The van der Waals surface area contributed by atoms with Crippen LogP contribution in [0.15, 0.2) is 0 Å². The molecule has 0 aromatic heterocycles. The first-order valence-electron chi connectivity index (χ1n) is 5.09. The predicted molar refractivity (Wildman–Crippen MR) is 60.8 cm³/mol. The highest BCUT2D eigenvalue weighted by molar-refractivity contribution is 7.80. The summed E-state index contributed by atoms with van der Waals surface area (Å²) in [4.78, 5) is 11.7. The number of carbonyl (C=O) groups is 1. The molecular formula is C10H18N2OS. The van der Waals surface area contributed by atoms with Crippen LogP contribution in [0.5, 0.6) is 0 Å². The van der Waals surface area contributed by atoms with Crippen molar-refractivity contribution in [3.8, 4) is 0 Å². The van der Waals surface area contributed by atoms with Crippen molar-refractivity contribution in [2.45, 2.75) is 26.7 Å². The fourth-order valence-corrected chi connectivity index (χ4v) is 1.48. The van der Waals surface area contributed by atoms with Crippen molar-refractivity contribution < 1.29 is 4.79 Å². The van der Waals surface area contributed by atoms with E-state index in [2.05, 4.69) is 12.2 Å². The van der Waals surface area contributed by atoms with Gasteiger partial charge in [-0.1, -0.05) is 19.1 Å². The van der Waals surface area contributed by atoms with Crippen LogP contribution >= 0.6 is 12.2 Å². The van der Waals surface area contributed by atoms with E-state index in [1.165, 1.54) is 12.8 Å². The van der Waals surface area contributed by atoms with Crippen LogP contribution in [-0.4, -0.2) is 17.4 Å². The number of hydrogen-bond acceptors (Lipinski definition) is 2. The molecule has 0 bridgehead atoms. The molecule has 3 nitrogen and oxygen atoms in total. The zero-order valence-corrected chi connectivity index (χ0v) is 9.56. The van der Waals surface area contributed by atoms with E-state index in [0.29, 0.717) is 5.92 Å². The van der Waals surface area contributed by atoms with E-state index in [1.54, 1.807) is 6.92 Å². The summed E-state index contributed by atoms with van der Waals surface area (Å²) in [7, 11) is 0. The van der Waals surface area contributed by atoms with Crippen molar-refractivity contribution in [3.63, 3.8) is 0 Å². The van der Waals surface area contributed by atoms with Crippen LogP contribution in [0.3, 0.4) is 0 Å². The van der Waals surface area contributed by atoms with Gasteiger partial charge in [0.15, 0.2) is 0 Å². The second-order valence-corrected chi connectivity index (χ2v) is 4.66. The Balaban J connectivity index is 2.22. The fraction of sp³-hybridized carbons (Fsp3) is 0.800. The van der Waals surface area contributed by atoms with Crippen molar-refractivity contribution in [2.24, 2.45) is 23.5 Å². The average Bonchev–Trinajstić information content (AvgIpc) is 2.95. The first kappa shape index (κ1) is 11.4. The molecule has 1 amide bonds. The number of nitrogens with two attached hydrogens (primary N) is 1. The summed E-state index contributed by atoms with van der Waals surface area (Å²) in [5.74, 6) is 0.995. The molecule has 1 fully saturated rings. The van der Waals surface area contributed by atoms with Crippen molar-refractivity contribution in [3.05, 3.63) is 0 Å². The van der Waals surface area contributed by atoms with Gasteiger partial charge in [-0.25, -0.2) is 0 Å². The van der Waals surface area contributed by atoms with Gasteiger partial charge in [-0.2, -0.15) is 0 Å². The fourth-order valence-electron chi connectivity index (χ4n) is 1.38. The molecular weight excluding hydrogens is 196 g/mol. The smallest absolute Gasteiger partial charge is 0.229 e. The molecule has 0 radical (unpaired) electrons. The SMILES string of the molecule is CC(C(=O)NCC(C)C1CC1)C(N)=S. The molecule has 0 aliphatic heterocycles. The lowest BCUT2D eigenvalue weighted by molar-refractivity contribution is -0.122. The van der Waals surface area contributed by atoms with Crippen LogP contribution in [-0.2, 0) is 4.79 Å². The summed E-state index contributed by atoms with van der Waals surface area (Å²) in [6.07, 6.45) is 2.61.